The molecule has 1 unspecified atom stereocenters. The highest BCUT2D eigenvalue weighted by Gasteiger charge is 2.38. The van der Waals surface area contributed by atoms with Crippen molar-refractivity contribution < 1.29 is 4.79 Å². The molecule has 2 heterocycles. The van der Waals surface area contributed by atoms with Crippen molar-refractivity contribution in [2.75, 3.05) is 5.75 Å². The molecule has 2 nitrogen and oxygen atoms in total. The number of rotatable bonds is 2. The van der Waals surface area contributed by atoms with Crippen LogP contribution in [0.1, 0.15) is 30.3 Å². The maximum atomic E-state index is 12.0. The number of carbonyl (C=O) groups is 1. The Morgan fingerprint density at radius 3 is 3.08 bits per heavy atom. The molecule has 0 aromatic carbocycles. The molecule has 1 saturated heterocycles. The minimum atomic E-state index is -0.200. The predicted octanol–water partition coefficient (Wildman–Crippen LogP) is 2.61. The third-order valence-electron chi connectivity index (χ3n) is 2.37. The van der Waals surface area contributed by atoms with Crippen molar-refractivity contribution in [1.29, 1.82) is 0 Å². The second-order valence-electron chi connectivity index (χ2n) is 3.40. The average Bonchev–Trinajstić information content (AvgIpc) is 2.73. The molecule has 1 aliphatic heterocycles. The third kappa shape index (κ3) is 1.65. The molecule has 0 saturated carbocycles. The highest BCUT2D eigenvalue weighted by atomic mass is 32.2. The maximum absolute atomic E-state index is 12.0. The number of thioether (sulfide) groups is 1. The summed E-state index contributed by atoms with van der Waals surface area (Å²) in [5.74, 6) is 1.31. The minimum absolute atomic E-state index is 0.200. The summed E-state index contributed by atoms with van der Waals surface area (Å²) in [6, 6.07) is 1.82. The van der Waals surface area contributed by atoms with E-state index < -0.39 is 0 Å². The minimum Gasteiger partial charge on any atom is -0.291 e. The van der Waals surface area contributed by atoms with Crippen LogP contribution in [0.5, 0.6) is 0 Å². The molecule has 0 bridgehead atoms. The van der Waals surface area contributed by atoms with Crippen LogP contribution in [0.15, 0.2) is 11.4 Å². The van der Waals surface area contributed by atoms with Gasteiger partial charge >= 0.3 is 0 Å². The van der Waals surface area contributed by atoms with E-state index in [2.05, 4.69) is 4.37 Å². The lowest BCUT2D eigenvalue weighted by molar-refractivity contribution is 0.0945. The van der Waals surface area contributed by atoms with Gasteiger partial charge < -0.3 is 0 Å². The number of ketones is 1. The van der Waals surface area contributed by atoms with Gasteiger partial charge in [0.2, 0.25) is 0 Å². The number of hydrogen-bond acceptors (Lipinski definition) is 4. The summed E-state index contributed by atoms with van der Waals surface area (Å²) >= 11 is 3.11. The molecule has 1 aliphatic rings. The van der Waals surface area contributed by atoms with Gasteiger partial charge in [-0.25, -0.2) is 0 Å². The second kappa shape index (κ2) is 3.42. The summed E-state index contributed by atoms with van der Waals surface area (Å²) in [4.78, 5) is 12.0. The van der Waals surface area contributed by atoms with E-state index in [-0.39, 0.29) is 10.5 Å². The van der Waals surface area contributed by atoms with Gasteiger partial charge in [-0.1, -0.05) is 0 Å². The standard InChI is InChI=1S/C9H11NOS2/c1-9(4-2-5-12-9)8(11)7-3-6-13-10-7/h3,6H,2,4-5H2,1H3. The van der Waals surface area contributed by atoms with Crippen LogP contribution in [0.2, 0.25) is 0 Å². The van der Waals surface area contributed by atoms with Crippen molar-refractivity contribution in [1.82, 2.24) is 4.37 Å². The van der Waals surface area contributed by atoms with Crippen LogP contribution in [-0.2, 0) is 0 Å². The molecule has 2 rings (SSSR count). The van der Waals surface area contributed by atoms with Crippen LogP contribution in [0.3, 0.4) is 0 Å². The van der Waals surface area contributed by atoms with Crippen molar-refractivity contribution in [3.63, 3.8) is 0 Å². The third-order valence-corrected chi connectivity index (χ3v) is 4.45. The van der Waals surface area contributed by atoms with E-state index in [0.717, 1.165) is 18.6 Å². The van der Waals surface area contributed by atoms with Crippen LogP contribution in [0, 0.1) is 0 Å². The first-order valence-corrected chi connectivity index (χ1v) is 6.14. The summed E-state index contributed by atoms with van der Waals surface area (Å²) < 4.78 is 3.88. The largest absolute Gasteiger partial charge is 0.291 e. The van der Waals surface area contributed by atoms with Gasteiger partial charge in [0.05, 0.1) is 4.75 Å². The first-order chi connectivity index (χ1) is 6.22. The monoisotopic (exact) mass is 213 g/mol. The Morgan fingerprint density at radius 2 is 2.54 bits per heavy atom. The Morgan fingerprint density at radius 1 is 1.69 bits per heavy atom. The number of nitrogens with zero attached hydrogens (tertiary/aromatic N) is 1. The summed E-state index contributed by atoms with van der Waals surface area (Å²) in [6.07, 6.45) is 2.14. The molecule has 70 valence electrons. The summed E-state index contributed by atoms with van der Waals surface area (Å²) in [5.41, 5.74) is 0.641. The van der Waals surface area contributed by atoms with E-state index >= 15 is 0 Å². The summed E-state index contributed by atoms with van der Waals surface area (Å²) in [7, 11) is 0. The van der Waals surface area contributed by atoms with Gasteiger partial charge in [-0.2, -0.15) is 4.37 Å². The molecule has 0 amide bonds. The van der Waals surface area contributed by atoms with E-state index in [0.29, 0.717) is 5.69 Å². The van der Waals surface area contributed by atoms with E-state index in [9.17, 15) is 4.79 Å². The number of carbonyl (C=O) groups excluding carboxylic acids is 1. The van der Waals surface area contributed by atoms with Crippen molar-refractivity contribution >= 4 is 29.1 Å². The van der Waals surface area contributed by atoms with Gasteiger partial charge in [-0.15, -0.1) is 11.8 Å². The molecular formula is C9H11NOS2. The van der Waals surface area contributed by atoms with E-state index in [1.165, 1.54) is 11.5 Å². The molecule has 0 aliphatic carbocycles. The first kappa shape index (κ1) is 9.21. The van der Waals surface area contributed by atoms with Gasteiger partial charge in [-0.3, -0.25) is 4.79 Å². The fourth-order valence-corrected chi connectivity index (χ4v) is 3.33. The van der Waals surface area contributed by atoms with Gasteiger partial charge in [0, 0.05) is 5.38 Å². The molecule has 0 radical (unpaired) electrons. The Kier molecular flexibility index (Phi) is 2.43. The van der Waals surface area contributed by atoms with Crippen LogP contribution in [0.4, 0.5) is 0 Å². The van der Waals surface area contributed by atoms with Crippen LogP contribution >= 0.6 is 23.3 Å². The molecular weight excluding hydrogens is 202 g/mol. The van der Waals surface area contributed by atoms with Crippen molar-refractivity contribution in [2.45, 2.75) is 24.5 Å². The van der Waals surface area contributed by atoms with Crippen LogP contribution in [0.25, 0.3) is 0 Å². The molecule has 0 N–H and O–H groups in total. The van der Waals surface area contributed by atoms with Crippen molar-refractivity contribution in [3.8, 4) is 0 Å². The Hall–Kier alpha value is -0.350. The van der Waals surface area contributed by atoms with E-state index in [4.69, 9.17) is 0 Å². The molecule has 13 heavy (non-hydrogen) atoms. The quantitative estimate of drug-likeness (QED) is 0.707. The lowest BCUT2D eigenvalue weighted by Gasteiger charge is -2.18. The highest BCUT2D eigenvalue weighted by Crippen LogP contribution is 2.39. The molecule has 1 aromatic heterocycles. The Labute approximate surface area is 85.9 Å². The van der Waals surface area contributed by atoms with Gasteiger partial charge in [0.25, 0.3) is 0 Å². The molecule has 4 heteroatoms. The van der Waals surface area contributed by atoms with Crippen molar-refractivity contribution in [3.05, 3.63) is 17.1 Å². The number of Topliss-reactive ketones (excluding diaryl/α,β-unsaturated/α-hetero) is 1. The lowest BCUT2D eigenvalue weighted by Crippen LogP contribution is -2.28. The number of hydrogen-bond donors (Lipinski definition) is 0. The molecule has 1 fully saturated rings. The Bertz CT molecular complexity index is 301. The first-order valence-electron chi connectivity index (χ1n) is 4.31. The lowest BCUT2D eigenvalue weighted by atomic mass is 9.98. The Balaban J connectivity index is 2.21. The van der Waals surface area contributed by atoms with Crippen LogP contribution in [-0.4, -0.2) is 20.7 Å². The van der Waals surface area contributed by atoms with Crippen LogP contribution < -0.4 is 0 Å². The van der Waals surface area contributed by atoms with E-state index in [1.807, 2.05) is 18.4 Å². The fourth-order valence-electron chi connectivity index (χ4n) is 1.56. The summed E-state index contributed by atoms with van der Waals surface area (Å²) in [6.45, 7) is 2.03. The fraction of sp³-hybridized carbons (Fsp3) is 0.556. The SMILES string of the molecule is CC1(C(=O)c2ccsn2)CCCS1. The van der Waals surface area contributed by atoms with Gasteiger partial charge in [-0.05, 0) is 43.1 Å². The topological polar surface area (TPSA) is 30.0 Å². The number of aromatic nitrogens is 1. The maximum Gasteiger partial charge on any atom is 0.197 e. The zero-order chi connectivity index (χ0) is 9.31. The molecule has 0 spiro atoms. The normalized spacial score (nSPS) is 27.8. The van der Waals surface area contributed by atoms with Gasteiger partial charge in [0.15, 0.2) is 5.78 Å². The zero-order valence-corrected chi connectivity index (χ0v) is 9.08. The molecule has 1 aromatic rings. The van der Waals surface area contributed by atoms with E-state index in [1.54, 1.807) is 11.8 Å². The zero-order valence-electron chi connectivity index (χ0n) is 7.45. The van der Waals surface area contributed by atoms with Crippen molar-refractivity contribution in [2.24, 2.45) is 0 Å². The average molecular weight is 213 g/mol. The second-order valence-corrected chi connectivity index (χ2v) is 5.66. The predicted molar refractivity (Wildman–Crippen MR) is 56.5 cm³/mol. The summed E-state index contributed by atoms with van der Waals surface area (Å²) in [5, 5.41) is 1.86. The molecule has 1 atom stereocenters. The highest BCUT2D eigenvalue weighted by molar-refractivity contribution is 8.01. The van der Waals surface area contributed by atoms with Gasteiger partial charge in [0.1, 0.15) is 5.69 Å². The smallest absolute Gasteiger partial charge is 0.197 e.